The second-order valence-electron chi connectivity index (χ2n) is 8.31. The minimum absolute atomic E-state index is 0.262. The topological polar surface area (TPSA) is 103 Å². The second-order valence-corrected chi connectivity index (χ2v) is 8.71. The van der Waals surface area contributed by atoms with Gasteiger partial charge in [-0.15, -0.1) is 0 Å². The number of nitrogens with zero attached hydrogens (tertiary/aromatic N) is 7. The fraction of sp³-hybridized carbons (Fsp3) is 0.208. The van der Waals surface area contributed by atoms with Gasteiger partial charge in [0.05, 0.1) is 47.8 Å². The van der Waals surface area contributed by atoms with Crippen LogP contribution in [0.1, 0.15) is 0 Å². The third-order valence-electron chi connectivity index (χ3n) is 5.97. The molecule has 0 bridgehead atoms. The Kier molecular flexibility index (Phi) is 5.31. The highest BCUT2D eigenvalue weighted by Crippen LogP contribution is 2.34. The first-order chi connectivity index (χ1) is 17.0. The lowest BCUT2D eigenvalue weighted by molar-refractivity contribution is 0.00963. The fourth-order valence-electron chi connectivity index (χ4n) is 3.82. The maximum Gasteiger partial charge on any atom is 0.226 e. The van der Waals surface area contributed by atoms with Crippen LogP contribution in [-0.2, 0) is 11.8 Å². The molecular formula is C24H21ClN8O2. The van der Waals surface area contributed by atoms with Crippen molar-refractivity contribution < 1.29 is 9.47 Å². The van der Waals surface area contributed by atoms with Gasteiger partial charge in [-0.25, -0.2) is 24.9 Å². The van der Waals surface area contributed by atoms with Gasteiger partial charge in [-0.3, -0.25) is 0 Å². The molecule has 6 rings (SSSR count). The molecule has 0 unspecified atom stereocenters. The van der Waals surface area contributed by atoms with Gasteiger partial charge in [0.25, 0.3) is 0 Å². The number of halogens is 1. The van der Waals surface area contributed by atoms with Crippen LogP contribution in [0, 0.1) is 0 Å². The number of aromatic nitrogens is 6. The molecule has 0 radical (unpaired) electrons. The number of rotatable bonds is 6. The zero-order valence-electron chi connectivity index (χ0n) is 19.0. The SMILES string of the molecule is CN(c1ncc2ncnc(Nc3ccc(Oc4ccc5c(c4)ncn5C)c(Cl)c3)c2n1)C1COC1. The van der Waals surface area contributed by atoms with Crippen molar-refractivity contribution in [3.8, 4) is 11.5 Å². The molecule has 1 N–H and O–H groups in total. The molecule has 5 aromatic rings. The Morgan fingerprint density at radius 2 is 1.97 bits per heavy atom. The number of benzene rings is 2. The minimum Gasteiger partial charge on any atom is -0.456 e. The van der Waals surface area contributed by atoms with Crippen LogP contribution in [0.4, 0.5) is 17.5 Å². The monoisotopic (exact) mass is 488 g/mol. The smallest absolute Gasteiger partial charge is 0.226 e. The predicted octanol–water partition coefficient (Wildman–Crippen LogP) is 4.33. The summed E-state index contributed by atoms with van der Waals surface area (Å²) in [4.78, 5) is 24.2. The van der Waals surface area contributed by atoms with Crippen molar-refractivity contribution in [2.75, 3.05) is 30.5 Å². The van der Waals surface area contributed by atoms with Crippen LogP contribution in [0.25, 0.3) is 22.1 Å². The van der Waals surface area contributed by atoms with E-state index in [2.05, 4.69) is 25.3 Å². The van der Waals surface area contributed by atoms with Crippen molar-refractivity contribution in [3.63, 3.8) is 0 Å². The maximum absolute atomic E-state index is 6.55. The molecular weight excluding hydrogens is 468 g/mol. The van der Waals surface area contributed by atoms with E-state index < -0.39 is 0 Å². The second kappa shape index (κ2) is 8.64. The maximum atomic E-state index is 6.55. The third kappa shape index (κ3) is 4.07. The Balaban J connectivity index is 1.25. The van der Waals surface area contributed by atoms with Crippen LogP contribution in [0.2, 0.25) is 5.02 Å². The number of anilines is 3. The highest BCUT2D eigenvalue weighted by atomic mass is 35.5. The van der Waals surface area contributed by atoms with Crippen LogP contribution >= 0.6 is 11.6 Å². The average molecular weight is 489 g/mol. The first-order valence-electron chi connectivity index (χ1n) is 11.0. The zero-order valence-corrected chi connectivity index (χ0v) is 19.8. The highest BCUT2D eigenvalue weighted by Gasteiger charge is 2.25. The van der Waals surface area contributed by atoms with Gasteiger partial charge in [-0.05, 0) is 30.3 Å². The predicted molar refractivity (Wildman–Crippen MR) is 134 cm³/mol. The molecule has 10 nitrogen and oxygen atoms in total. The molecule has 2 aromatic carbocycles. The fourth-order valence-corrected chi connectivity index (χ4v) is 4.04. The molecule has 0 amide bonds. The van der Waals surface area contributed by atoms with Gasteiger partial charge in [0.1, 0.15) is 28.9 Å². The molecule has 1 aliphatic rings. The van der Waals surface area contributed by atoms with E-state index in [1.54, 1.807) is 24.7 Å². The quantitative estimate of drug-likeness (QED) is 0.374. The molecule has 0 atom stereocenters. The van der Waals surface area contributed by atoms with E-state index in [0.29, 0.717) is 52.5 Å². The zero-order chi connectivity index (χ0) is 23.9. The van der Waals surface area contributed by atoms with Gasteiger partial charge < -0.3 is 24.3 Å². The van der Waals surface area contributed by atoms with Crippen molar-refractivity contribution in [1.29, 1.82) is 0 Å². The number of hydrogen-bond donors (Lipinski definition) is 1. The van der Waals surface area contributed by atoms with E-state index in [4.69, 9.17) is 26.1 Å². The van der Waals surface area contributed by atoms with Gasteiger partial charge in [0.15, 0.2) is 5.82 Å². The Bertz CT molecular complexity index is 1550. The number of ether oxygens (including phenoxy) is 2. The number of fused-ring (bicyclic) bond motifs is 2. The summed E-state index contributed by atoms with van der Waals surface area (Å²) in [6, 6.07) is 11.5. The Morgan fingerprint density at radius 3 is 2.77 bits per heavy atom. The molecule has 1 fully saturated rings. The van der Waals surface area contributed by atoms with E-state index in [1.165, 1.54) is 6.33 Å². The van der Waals surface area contributed by atoms with E-state index in [0.717, 1.165) is 16.7 Å². The first-order valence-corrected chi connectivity index (χ1v) is 11.4. The van der Waals surface area contributed by atoms with Crippen LogP contribution in [0.15, 0.2) is 55.2 Å². The van der Waals surface area contributed by atoms with Crippen molar-refractivity contribution in [1.82, 2.24) is 29.5 Å². The summed E-state index contributed by atoms with van der Waals surface area (Å²) >= 11 is 6.55. The van der Waals surface area contributed by atoms with Crippen molar-refractivity contribution in [3.05, 3.63) is 60.3 Å². The lowest BCUT2D eigenvalue weighted by Crippen LogP contribution is -2.47. The van der Waals surface area contributed by atoms with Crippen molar-refractivity contribution >= 4 is 51.1 Å². The van der Waals surface area contributed by atoms with Gasteiger partial charge in [0, 0.05) is 25.8 Å². The molecule has 11 heteroatoms. The Morgan fingerprint density at radius 1 is 1.09 bits per heavy atom. The summed E-state index contributed by atoms with van der Waals surface area (Å²) in [6.45, 7) is 1.33. The van der Waals surface area contributed by atoms with Crippen LogP contribution in [0.3, 0.4) is 0 Å². The van der Waals surface area contributed by atoms with Crippen molar-refractivity contribution in [2.24, 2.45) is 7.05 Å². The van der Waals surface area contributed by atoms with Crippen molar-refractivity contribution in [2.45, 2.75) is 6.04 Å². The normalized spacial score (nSPS) is 13.7. The van der Waals surface area contributed by atoms with E-state index in [9.17, 15) is 0 Å². The largest absolute Gasteiger partial charge is 0.456 e. The summed E-state index contributed by atoms with van der Waals surface area (Å²) in [5, 5.41) is 3.75. The Hall–Kier alpha value is -4.02. The number of imidazole rings is 1. The average Bonchev–Trinajstić information content (AvgIpc) is 3.19. The molecule has 0 spiro atoms. The summed E-state index contributed by atoms with van der Waals surface area (Å²) < 4.78 is 13.3. The molecule has 35 heavy (non-hydrogen) atoms. The standard InChI is InChI=1S/C24H21ClN8O2/c1-32-13-29-18-8-16(4-5-20(18)32)35-21-6-3-14(7-17(21)25)30-23-22-19(27-12-28-23)9-26-24(31-22)33(2)15-10-34-11-15/h3-9,12-13,15H,10-11H2,1-2H3,(H,27,28,30). The molecule has 0 saturated carbocycles. The summed E-state index contributed by atoms with van der Waals surface area (Å²) in [7, 11) is 3.91. The van der Waals surface area contributed by atoms with E-state index >= 15 is 0 Å². The molecule has 4 heterocycles. The van der Waals surface area contributed by atoms with Gasteiger partial charge in [0.2, 0.25) is 5.95 Å². The molecule has 176 valence electrons. The van der Waals surface area contributed by atoms with Crippen LogP contribution in [-0.4, -0.2) is 55.8 Å². The number of aryl methyl sites for hydroxylation is 1. The highest BCUT2D eigenvalue weighted by molar-refractivity contribution is 6.32. The van der Waals surface area contributed by atoms with Gasteiger partial charge in [-0.1, -0.05) is 11.6 Å². The molecule has 3 aromatic heterocycles. The first kappa shape index (κ1) is 21.5. The third-order valence-corrected chi connectivity index (χ3v) is 6.26. The summed E-state index contributed by atoms with van der Waals surface area (Å²) in [5.74, 6) is 2.34. The van der Waals surface area contributed by atoms with E-state index in [-0.39, 0.29) is 6.04 Å². The van der Waals surface area contributed by atoms with Crippen LogP contribution < -0.4 is 15.0 Å². The lowest BCUT2D eigenvalue weighted by Gasteiger charge is -2.34. The van der Waals surface area contributed by atoms with Gasteiger partial charge in [-0.2, -0.15) is 0 Å². The molecule has 1 aliphatic heterocycles. The number of hydrogen-bond acceptors (Lipinski definition) is 9. The van der Waals surface area contributed by atoms with E-state index in [1.807, 2.05) is 47.8 Å². The molecule has 1 saturated heterocycles. The number of nitrogens with one attached hydrogen (secondary N) is 1. The minimum atomic E-state index is 0.262. The van der Waals surface area contributed by atoms with Crippen LogP contribution in [0.5, 0.6) is 11.5 Å². The summed E-state index contributed by atoms with van der Waals surface area (Å²) in [6.07, 6.45) is 4.94. The number of likely N-dealkylation sites (N-methyl/N-ethyl adjacent to an activating group) is 1. The lowest BCUT2D eigenvalue weighted by atomic mass is 10.2. The van der Waals surface area contributed by atoms with Gasteiger partial charge >= 0.3 is 0 Å². The Labute approximate surface area is 205 Å². The summed E-state index contributed by atoms with van der Waals surface area (Å²) in [5.41, 5.74) is 3.87. The molecule has 0 aliphatic carbocycles.